The number of rotatable bonds is 3. The normalized spacial score (nSPS) is 10.6. The number of fused-ring (bicyclic) bond motifs is 1. The summed E-state index contributed by atoms with van der Waals surface area (Å²) < 4.78 is 0.869. The Bertz CT molecular complexity index is 814. The van der Waals surface area contributed by atoms with E-state index in [1.807, 2.05) is 18.2 Å². The van der Waals surface area contributed by atoms with Gasteiger partial charge in [0.05, 0.1) is 11.1 Å². The average Bonchev–Trinajstić information content (AvgIpc) is 2.91. The number of anilines is 2. The summed E-state index contributed by atoms with van der Waals surface area (Å²) in [5, 5.41) is 5.63. The van der Waals surface area contributed by atoms with Crippen LogP contribution in [0.5, 0.6) is 0 Å². The SMILES string of the molecule is CNc1ncccc1C(=O)Nc1nc2c(Br)cccc2[nH]1. The minimum Gasteiger partial charge on any atom is -0.372 e. The first kappa shape index (κ1) is 13.6. The third-order valence-electron chi connectivity index (χ3n) is 2.98. The molecule has 106 valence electrons. The maximum atomic E-state index is 12.3. The van der Waals surface area contributed by atoms with Crippen molar-refractivity contribution in [1.29, 1.82) is 0 Å². The van der Waals surface area contributed by atoms with Gasteiger partial charge in [-0.25, -0.2) is 9.97 Å². The molecule has 0 saturated carbocycles. The van der Waals surface area contributed by atoms with Gasteiger partial charge in [-0.3, -0.25) is 10.1 Å². The molecule has 0 saturated heterocycles. The van der Waals surface area contributed by atoms with Crippen LogP contribution in [0.15, 0.2) is 41.0 Å². The fourth-order valence-electron chi connectivity index (χ4n) is 2.02. The molecule has 0 fully saturated rings. The number of halogens is 1. The summed E-state index contributed by atoms with van der Waals surface area (Å²) >= 11 is 3.43. The summed E-state index contributed by atoms with van der Waals surface area (Å²) in [5.74, 6) is 0.641. The highest BCUT2D eigenvalue weighted by Crippen LogP contribution is 2.23. The third-order valence-corrected chi connectivity index (χ3v) is 3.62. The van der Waals surface area contributed by atoms with Crippen molar-refractivity contribution >= 4 is 44.6 Å². The van der Waals surface area contributed by atoms with Crippen LogP contribution in [-0.2, 0) is 0 Å². The highest BCUT2D eigenvalue weighted by atomic mass is 79.9. The van der Waals surface area contributed by atoms with Crippen LogP contribution in [0.4, 0.5) is 11.8 Å². The van der Waals surface area contributed by atoms with E-state index in [4.69, 9.17) is 0 Å². The van der Waals surface area contributed by atoms with Crippen LogP contribution in [0.3, 0.4) is 0 Å². The van der Waals surface area contributed by atoms with Crippen molar-refractivity contribution in [2.45, 2.75) is 0 Å². The molecule has 7 heteroatoms. The molecule has 0 atom stereocenters. The lowest BCUT2D eigenvalue weighted by Crippen LogP contribution is -2.15. The van der Waals surface area contributed by atoms with Crippen molar-refractivity contribution in [3.05, 3.63) is 46.6 Å². The summed E-state index contributed by atoms with van der Waals surface area (Å²) in [5.41, 5.74) is 2.08. The van der Waals surface area contributed by atoms with Crippen LogP contribution in [0, 0.1) is 0 Å². The first-order valence-corrected chi connectivity index (χ1v) is 7.06. The van der Waals surface area contributed by atoms with Crippen molar-refractivity contribution < 1.29 is 4.79 Å². The van der Waals surface area contributed by atoms with Gasteiger partial charge in [-0.15, -0.1) is 0 Å². The van der Waals surface area contributed by atoms with Gasteiger partial charge in [0.1, 0.15) is 11.3 Å². The Morgan fingerprint density at radius 3 is 2.90 bits per heavy atom. The summed E-state index contributed by atoms with van der Waals surface area (Å²) in [6.45, 7) is 0. The molecule has 2 heterocycles. The minimum atomic E-state index is -0.275. The van der Waals surface area contributed by atoms with E-state index in [9.17, 15) is 4.79 Å². The Morgan fingerprint density at radius 1 is 1.29 bits per heavy atom. The number of para-hydroxylation sites is 1. The van der Waals surface area contributed by atoms with E-state index in [-0.39, 0.29) is 5.91 Å². The smallest absolute Gasteiger partial charge is 0.261 e. The summed E-state index contributed by atoms with van der Waals surface area (Å²) in [6, 6.07) is 9.11. The van der Waals surface area contributed by atoms with Crippen LogP contribution in [0.1, 0.15) is 10.4 Å². The van der Waals surface area contributed by atoms with Gasteiger partial charge in [0, 0.05) is 17.7 Å². The minimum absolute atomic E-state index is 0.275. The van der Waals surface area contributed by atoms with Crippen LogP contribution in [0.25, 0.3) is 11.0 Å². The topological polar surface area (TPSA) is 82.7 Å². The molecule has 0 bridgehead atoms. The molecule has 0 aliphatic rings. The van der Waals surface area contributed by atoms with E-state index in [1.54, 1.807) is 25.4 Å². The van der Waals surface area contributed by atoms with Crippen molar-refractivity contribution in [1.82, 2.24) is 15.0 Å². The van der Waals surface area contributed by atoms with E-state index < -0.39 is 0 Å². The van der Waals surface area contributed by atoms with Gasteiger partial charge in [0.2, 0.25) is 5.95 Å². The number of aromatic amines is 1. The Kier molecular flexibility index (Phi) is 3.57. The monoisotopic (exact) mass is 345 g/mol. The summed E-state index contributed by atoms with van der Waals surface area (Å²) in [6.07, 6.45) is 1.63. The Hall–Kier alpha value is -2.41. The number of amides is 1. The Labute approximate surface area is 129 Å². The fourth-order valence-corrected chi connectivity index (χ4v) is 2.47. The number of benzene rings is 1. The predicted octanol–water partition coefficient (Wildman–Crippen LogP) is 3.01. The van der Waals surface area contributed by atoms with Gasteiger partial charge < -0.3 is 10.3 Å². The standard InChI is InChI=1S/C14H12BrN5O/c1-16-12-8(4-3-7-17-12)13(21)20-14-18-10-6-2-5-9(15)11(10)19-14/h2-7H,1H3,(H,16,17)(H2,18,19,20,21). The van der Waals surface area contributed by atoms with Gasteiger partial charge >= 0.3 is 0 Å². The Balaban J connectivity index is 1.91. The van der Waals surface area contributed by atoms with Crippen LogP contribution >= 0.6 is 15.9 Å². The molecule has 3 aromatic rings. The highest BCUT2D eigenvalue weighted by Gasteiger charge is 2.14. The van der Waals surface area contributed by atoms with Crippen molar-refractivity contribution in [3.63, 3.8) is 0 Å². The molecule has 1 amide bonds. The number of carbonyl (C=O) groups is 1. The number of nitrogens with zero attached hydrogens (tertiary/aromatic N) is 2. The van der Waals surface area contributed by atoms with Crippen LogP contribution < -0.4 is 10.6 Å². The molecule has 1 aromatic carbocycles. The van der Waals surface area contributed by atoms with E-state index in [1.165, 1.54) is 0 Å². The molecule has 0 aliphatic heterocycles. The molecule has 0 unspecified atom stereocenters. The number of imidazole rings is 1. The zero-order valence-electron chi connectivity index (χ0n) is 11.1. The first-order chi connectivity index (χ1) is 10.2. The zero-order chi connectivity index (χ0) is 14.8. The molecule has 0 spiro atoms. The summed E-state index contributed by atoms with van der Waals surface area (Å²) in [7, 11) is 1.72. The van der Waals surface area contributed by atoms with Crippen LogP contribution in [0.2, 0.25) is 0 Å². The highest BCUT2D eigenvalue weighted by molar-refractivity contribution is 9.10. The number of carbonyl (C=O) groups excluding carboxylic acids is 1. The Morgan fingerprint density at radius 2 is 2.14 bits per heavy atom. The van der Waals surface area contributed by atoms with Gasteiger partial charge in [-0.05, 0) is 40.2 Å². The fraction of sp³-hybridized carbons (Fsp3) is 0.0714. The lowest BCUT2D eigenvalue weighted by atomic mass is 10.2. The molecule has 3 rings (SSSR count). The van der Waals surface area contributed by atoms with Gasteiger partial charge in [-0.2, -0.15) is 0 Å². The lowest BCUT2D eigenvalue weighted by molar-refractivity contribution is 0.102. The first-order valence-electron chi connectivity index (χ1n) is 6.27. The van der Waals surface area contributed by atoms with Gasteiger partial charge in [0.15, 0.2) is 0 Å². The summed E-state index contributed by atoms with van der Waals surface area (Å²) in [4.78, 5) is 23.8. The maximum absolute atomic E-state index is 12.3. The molecule has 0 radical (unpaired) electrons. The number of hydrogen-bond donors (Lipinski definition) is 3. The molecule has 3 N–H and O–H groups in total. The second-order valence-electron chi connectivity index (χ2n) is 4.33. The zero-order valence-corrected chi connectivity index (χ0v) is 12.7. The molecule has 21 heavy (non-hydrogen) atoms. The van der Waals surface area contributed by atoms with Crippen molar-refractivity contribution in [2.24, 2.45) is 0 Å². The largest absolute Gasteiger partial charge is 0.372 e. The molecule has 0 aliphatic carbocycles. The maximum Gasteiger partial charge on any atom is 0.261 e. The van der Waals surface area contributed by atoms with Gasteiger partial charge in [0.25, 0.3) is 5.91 Å². The van der Waals surface area contributed by atoms with E-state index >= 15 is 0 Å². The number of pyridine rings is 1. The number of H-pyrrole nitrogens is 1. The lowest BCUT2D eigenvalue weighted by Gasteiger charge is -2.06. The number of aromatic nitrogens is 3. The second-order valence-corrected chi connectivity index (χ2v) is 5.18. The van der Waals surface area contributed by atoms with E-state index in [2.05, 4.69) is 41.5 Å². The van der Waals surface area contributed by atoms with E-state index in [0.717, 1.165) is 15.5 Å². The predicted molar refractivity (Wildman–Crippen MR) is 85.5 cm³/mol. The van der Waals surface area contributed by atoms with Crippen molar-refractivity contribution in [2.75, 3.05) is 17.7 Å². The van der Waals surface area contributed by atoms with Crippen molar-refractivity contribution in [3.8, 4) is 0 Å². The number of hydrogen-bond acceptors (Lipinski definition) is 4. The second kappa shape index (κ2) is 5.53. The molecule has 6 nitrogen and oxygen atoms in total. The number of nitrogens with one attached hydrogen (secondary N) is 3. The molecular formula is C14H12BrN5O. The van der Waals surface area contributed by atoms with Crippen LogP contribution in [-0.4, -0.2) is 27.9 Å². The average molecular weight is 346 g/mol. The van der Waals surface area contributed by atoms with E-state index in [0.29, 0.717) is 17.3 Å². The molecule has 2 aromatic heterocycles. The molecular weight excluding hydrogens is 334 g/mol. The van der Waals surface area contributed by atoms with Gasteiger partial charge in [-0.1, -0.05) is 6.07 Å². The quantitative estimate of drug-likeness (QED) is 0.681. The third kappa shape index (κ3) is 2.59.